The monoisotopic (exact) mass is 192 g/mol. The standard InChI is InChI=1S/C11H16N2O/c12-11-6-10(14)5-4-8(11)7-13-9-2-1-3-9/h4-6,9,13-14H,1-3,7,12H2. The third kappa shape index (κ3) is 1.99. The van der Waals surface area contributed by atoms with Gasteiger partial charge in [-0.1, -0.05) is 12.5 Å². The van der Waals surface area contributed by atoms with Crippen LogP contribution in [0.5, 0.6) is 5.75 Å². The molecule has 2 rings (SSSR count). The first kappa shape index (κ1) is 9.34. The molecule has 0 amide bonds. The Kier molecular flexibility index (Phi) is 2.59. The minimum atomic E-state index is 0.231. The zero-order chi connectivity index (χ0) is 9.97. The van der Waals surface area contributed by atoms with Crippen LogP contribution in [0.2, 0.25) is 0 Å². The van der Waals surface area contributed by atoms with Gasteiger partial charge in [-0.05, 0) is 24.5 Å². The molecule has 0 radical (unpaired) electrons. The summed E-state index contributed by atoms with van der Waals surface area (Å²) in [5.74, 6) is 0.231. The smallest absolute Gasteiger partial charge is 0.117 e. The van der Waals surface area contributed by atoms with Crippen molar-refractivity contribution in [3.63, 3.8) is 0 Å². The normalized spacial score (nSPS) is 16.6. The zero-order valence-electron chi connectivity index (χ0n) is 8.16. The van der Waals surface area contributed by atoms with Gasteiger partial charge in [-0.2, -0.15) is 0 Å². The van der Waals surface area contributed by atoms with Crippen LogP contribution in [0.15, 0.2) is 18.2 Å². The minimum absolute atomic E-state index is 0.231. The van der Waals surface area contributed by atoms with Crippen molar-refractivity contribution >= 4 is 5.69 Å². The van der Waals surface area contributed by atoms with Gasteiger partial charge in [0.2, 0.25) is 0 Å². The van der Waals surface area contributed by atoms with Gasteiger partial charge in [0, 0.05) is 24.3 Å². The third-order valence-electron chi connectivity index (χ3n) is 2.82. The SMILES string of the molecule is Nc1cc(O)ccc1CNC1CCC1. The van der Waals surface area contributed by atoms with Crippen LogP contribution < -0.4 is 11.1 Å². The van der Waals surface area contributed by atoms with Gasteiger partial charge in [0.1, 0.15) is 5.75 Å². The number of anilines is 1. The Balaban J connectivity index is 1.94. The lowest BCUT2D eigenvalue weighted by molar-refractivity contribution is 0.338. The molecule has 1 saturated carbocycles. The summed E-state index contributed by atoms with van der Waals surface area (Å²) in [7, 11) is 0. The Morgan fingerprint density at radius 2 is 2.21 bits per heavy atom. The highest BCUT2D eigenvalue weighted by molar-refractivity contribution is 5.50. The van der Waals surface area contributed by atoms with Gasteiger partial charge < -0.3 is 16.2 Å². The number of hydrogen-bond donors (Lipinski definition) is 3. The summed E-state index contributed by atoms with van der Waals surface area (Å²) >= 11 is 0. The lowest BCUT2D eigenvalue weighted by Gasteiger charge is -2.26. The number of nitrogen functional groups attached to an aromatic ring is 1. The van der Waals surface area contributed by atoms with Crippen LogP contribution in [0.4, 0.5) is 5.69 Å². The first-order chi connectivity index (χ1) is 6.75. The average Bonchev–Trinajstić information content (AvgIpc) is 2.05. The molecule has 0 aliphatic heterocycles. The number of nitrogens with two attached hydrogens (primary N) is 1. The molecule has 14 heavy (non-hydrogen) atoms. The first-order valence-electron chi connectivity index (χ1n) is 5.06. The van der Waals surface area contributed by atoms with Crippen LogP contribution in [0.3, 0.4) is 0 Å². The molecule has 76 valence electrons. The highest BCUT2D eigenvalue weighted by Gasteiger charge is 2.16. The van der Waals surface area contributed by atoms with E-state index >= 15 is 0 Å². The zero-order valence-corrected chi connectivity index (χ0v) is 8.16. The van der Waals surface area contributed by atoms with Gasteiger partial charge in [-0.15, -0.1) is 0 Å². The molecule has 3 nitrogen and oxygen atoms in total. The fourth-order valence-corrected chi connectivity index (χ4v) is 1.61. The van der Waals surface area contributed by atoms with E-state index in [4.69, 9.17) is 5.73 Å². The maximum atomic E-state index is 9.17. The van der Waals surface area contributed by atoms with E-state index in [1.54, 1.807) is 12.1 Å². The second-order valence-electron chi connectivity index (χ2n) is 3.89. The Labute approximate surface area is 83.9 Å². The predicted molar refractivity (Wildman–Crippen MR) is 57.0 cm³/mol. The molecule has 4 N–H and O–H groups in total. The summed E-state index contributed by atoms with van der Waals surface area (Å²) in [5.41, 5.74) is 7.50. The Morgan fingerprint density at radius 1 is 1.43 bits per heavy atom. The summed E-state index contributed by atoms with van der Waals surface area (Å²) in [5, 5.41) is 12.6. The molecule has 1 fully saturated rings. The largest absolute Gasteiger partial charge is 0.508 e. The Bertz CT molecular complexity index is 321. The van der Waals surface area contributed by atoms with Crippen molar-refractivity contribution < 1.29 is 5.11 Å². The summed E-state index contributed by atoms with van der Waals surface area (Å²) in [6.45, 7) is 0.802. The van der Waals surface area contributed by atoms with Crippen molar-refractivity contribution in [2.75, 3.05) is 5.73 Å². The van der Waals surface area contributed by atoms with E-state index in [0.717, 1.165) is 12.1 Å². The lowest BCUT2D eigenvalue weighted by atomic mass is 9.93. The summed E-state index contributed by atoms with van der Waals surface area (Å²) < 4.78 is 0. The van der Waals surface area contributed by atoms with Crippen molar-refractivity contribution in [3.05, 3.63) is 23.8 Å². The van der Waals surface area contributed by atoms with E-state index in [2.05, 4.69) is 5.32 Å². The number of phenols is 1. The molecule has 0 unspecified atom stereocenters. The van der Waals surface area contributed by atoms with E-state index in [1.807, 2.05) is 6.07 Å². The Morgan fingerprint density at radius 3 is 2.79 bits per heavy atom. The molecule has 1 aliphatic rings. The van der Waals surface area contributed by atoms with Crippen LogP contribution in [-0.4, -0.2) is 11.1 Å². The van der Waals surface area contributed by atoms with E-state index in [-0.39, 0.29) is 5.75 Å². The molecule has 3 heteroatoms. The van der Waals surface area contributed by atoms with E-state index < -0.39 is 0 Å². The van der Waals surface area contributed by atoms with Gasteiger partial charge in [0.15, 0.2) is 0 Å². The molecule has 0 saturated heterocycles. The second-order valence-corrected chi connectivity index (χ2v) is 3.89. The average molecular weight is 192 g/mol. The molecular formula is C11H16N2O. The fraction of sp³-hybridized carbons (Fsp3) is 0.455. The molecule has 0 atom stereocenters. The number of benzene rings is 1. The highest BCUT2D eigenvalue weighted by Crippen LogP contribution is 2.21. The molecule has 0 spiro atoms. The predicted octanol–water partition coefficient (Wildman–Crippen LogP) is 1.62. The summed E-state index contributed by atoms with van der Waals surface area (Å²) in [6.07, 6.45) is 3.89. The maximum Gasteiger partial charge on any atom is 0.117 e. The number of nitrogens with one attached hydrogen (secondary N) is 1. The minimum Gasteiger partial charge on any atom is -0.508 e. The second kappa shape index (κ2) is 3.88. The van der Waals surface area contributed by atoms with Gasteiger partial charge in [0.05, 0.1) is 0 Å². The molecule has 0 aromatic heterocycles. The lowest BCUT2D eigenvalue weighted by Crippen LogP contribution is -2.34. The number of phenolic OH excluding ortho intramolecular Hbond substituents is 1. The topological polar surface area (TPSA) is 58.3 Å². The number of hydrogen-bond acceptors (Lipinski definition) is 3. The summed E-state index contributed by atoms with van der Waals surface area (Å²) in [6, 6.07) is 5.81. The van der Waals surface area contributed by atoms with Crippen LogP contribution in [-0.2, 0) is 6.54 Å². The molecular weight excluding hydrogens is 176 g/mol. The van der Waals surface area contributed by atoms with Crippen molar-refractivity contribution in [3.8, 4) is 5.75 Å². The molecule has 1 aliphatic carbocycles. The van der Waals surface area contributed by atoms with Crippen molar-refractivity contribution in [1.82, 2.24) is 5.32 Å². The van der Waals surface area contributed by atoms with Crippen molar-refractivity contribution in [2.24, 2.45) is 0 Å². The maximum absolute atomic E-state index is 9.17. The summed E-state index contributed by atoms with van der Waals surface area (Å²) in [4.78, 5) is 0. The van der Waals surface area contributed by atoms with E-state index in [0.29, 0.717) is 11.7 Å². The molecule has 1 aromatic rings. The van der Waals surface area contributed by atoms with Crippen molar-refractivity contribution in [2.45, 2.75) is 31.8 Å². The van der Waals surface area contributed by atoms with Crippen LogP contribution in [0.1, 0.15) is 24.8 Å². The molecule has 0 heterocycles. The van der Waals surface area contributed by atoms with Gasteiger partial charge in [0.25, 0.3) is 0 Å². The first-order valence-corrected chi connectivity index (χ1v) is 5.06. The van der Waals surface area contributed by atoms with E-state index in [1.165, 1.54) is 19.3 Å². The highest BCUT2D eigenvalue weighted by atomic mass is 16.3. The van der Waals surface area contributed by atoms with Crippen LogP contribution in [0, 0.1) is 0 Å². The fourth-order valence-electron chi connectivity index (χ4n) is 1.61. The van der Waals surface area contributed by atoms with Gasteiger partial charge in [-0.25, -0.2) is 0 Å². The van der Waals surface area contributed by atoms with Crippen molar-refractivity contribution in [1.29, 1.82) is 0 Å². The van der Waals surface area contributed by atoms with Gasteiger partial charge >= 0.3 is 0 Å². The van der Waals surface area contributed by atoms with Crippen LogP contribution >= 0.6 is 0 Å². The van der Waals surface area contributed by atoms with Gasteiger partial charge in [-0.3, -0.25) is 0 Å². The number of rotatable bonds is 3. The molecule has 1 aromatic carbocycles. The Hall–Kier alpha value is -1.22. The number of aromatic hydroxyl groups is 1. The quantitative estimate of drug-likeness (QED) is 0.638. The third-order valence-corrected chi connectivity index (χ3v) is 2.82. The van der Waals surface area contributed by atoms with E-state index in [9.17, 15) is 5.11 Å². The molecule has 0 bridgehead atoms. The van der Waals surface area contributed by atoms with Crippen LogP contribution in [0.25, 0.3) is 0 Å².